The van der Waals surface area contributed by atoms with E-state index in [9.17, 15) is 14.0 Å². The molecular formula is C17H14Cl3FN2O3. The maximum Gasteiger partial charge on any atom is 0.257 e. The quantitative estimate of drug-likeness (QED) is 0.538. The molecule has 9 heteroatoms. The summed E-state index contributed by atoms with van der Waals surface area (Å²) >= 11 is 17.6. The zero-order valence-electron chi connectivity index (χ0n) is 13.5. The Morgan fingerprint density at radius 3 is 2.35 bits per heavy atom. The van der Waals surface area contributed by atoms with Crippen LogP contribution in [0.25, 0.3) is 0 Å². The average molecular weight is 420 g/mol. The fourth-order valence-corrected chi connectivity index (χ4v) is 2.77. The Kier molecular flexibility index (Phi) is 7.23. The molecule has 0 unspecified atom stereocenters. The fourth-order valence-electron chi connectivity index (χ4n) is 2.03. The second-order valence-corrected chi connectivity index (χ2v) is 6.37. The van der Waals surface area contributed by atoms with Crippen LogP contribution in [0, 0.1) is 5.82 Å². The first-order chi connectivity index (χ1) is 12.3. The van der Waals surface area contributed by atoms with Crippen LogP contribution >= 0.6 is 34.8 Å². The van der Waals surface area contributed by atoms with Gasteiger partial charge >= 0.3 is 0 Å². The lowest BCUT2D eigenvalue weighted by molar-refractivity contribution is 0.0937. The van der Waals surface area contributed by atoms with Gasteiger partial charge < -0.3 is 15.4 Å². The van der Waals surface area contributed by atoms with Crippen LogP contribution in [0.3, 0.4) is 0 Å². The highest BCUT2D eigenvalue weighted by atomic mass is 35.5. The Hall–Kier alpha value is -1.86. The molecule has 2 rings (SSSR count). The summed E-state index contributed by atoms with van der Waals surface area (Å²) in [6, 6.07) is 6.46. The Labute approximate surface area is 164 Å². The molecule has 2 N–H and O–H groups in total. The first kappa shape index (κ1) is 20.5. The summed E-state index contributed by atoms with van der Waals surface area (Å²) in [5, 5.41) is 5.15. The highest BCUT2D eigenvalue weighted by molar-refractivity contribution is 6.37. The third-order valence-corrected chi connectivity index (χ3v) is 4.23. The van der Waals surface area contributed by atoms with Gasteiger partial charge in [-0.1, -0.05) is 34.8 Å². The molecule has 5 nitrogen and oxygen atoms in total. The number of hydrogen-bond donors (Lipinski definition) is 2. The molecule has 26 heavy (non-hydrogen) atoms. The van der Waals surface area contributed by atoms with Crippen LogP contribution < -0.4 is 10.6 Å². The van der Waals surface area contributed by atoms with Crippen LogP contribution in [-0.4, -0.2) is 32.1 Å². The molecule has 0 aromatic heterocycles. The van der Waals surface area contributed by atoms with E-state index in [0.717, 1.165) is 12.1 Å². The van der Waals surface area contributed by atoms with Crippen LogP contribution in [0.4, 0.5) is 10.1 Å². The lowest BCUT2D eigenvalue weighted by Crippen LogP contribution is -2.27. The average Bonchev–Trinajstić information content (AvgIpc) is 2.58. The van der Waals surface area contributed by atoms with Gasteiger partial charge in [-0.25, -0.2) is 4.39 Å². The van der Waals surface area contributed by atoms with Crippen molar-refractivity contribution < 1.29 is 18.7 Å². The van der Waals surface area contributed by atoms with E-state index in [1.807, 2.05) is 0 Å². The van der Waals surface area contributed by atoms with Gasteiger partial charge in [-0.3, -0.25) is 9.59 Å². The Morgan fingerprint density at radius 1 is 1.00 bits per heavy atom. The summed E-state index contributed by atoms with van der Waals surface area (Å²) in [6.45, 7) is 0.709. The van der Waals surface area contributed by atoms with Gasteiger partial charge in [0.1, 0.15) is 5.82 Å². The molecule has 0 aliphatic heterocycles. The first-order valence-corrected chi connectivity index (χ1v) is 8.49. The lowest BCUT2D eigenvalue weighted by atomic mass is 10.1. The van der Waals surface area contributed by atoms with Gasteiger partial charge in [0.25, 0.3) is 11.8 Å². The second kappa shape index (κ2) is 9.19. The van der Waals surface area contributed by atoms with Crippen molar-refractivity contribution in [2.75, 3.05) is 25.6 Å². The molecule has 2 amide bonds. The number of nitrogens with one attached hydrogen (secondary N) is 2. The van der Waals surface area contributed by atoms with E-state index >= 15 is 0 Å². The molecule has 0 saturated carbocycles. The number of benzene rings is 2. The van der Waals surface area contributed by atoms with Gasteiger partial charge in [0.05, 0.1) is 32.8 Å². The van der Waals surface area contributed by atoms with Crippen molar-refractivity contribution >= 4 is 52.3 Å². The predicted octanol–water partition coefficient (Wildman–Crippen LogP) is 4.41. The number of rotatable bonds is 6. The number of carbonyl (C=O) groups is 2. The fraction of sp³-hybridized carbons (Fsp3) is 0.176. The summed E-state index contributed by atoms with van der Waals surface area (Å²) in [6.07, 6.45) is 0. The smallest absolute Gasteiger partial charge is 0.257 e. The number of halogens is 4. The maximum absolute atomic E-state index is 13.5. The van der Waals surface area contributed by atoms with Crippen molar-refractivity contribution in [3.8, 4) is 0 Å². The SMILES string of the molecule is COCCNC(=O)c1ccc(NC(=O)c2cc(F)c(Cl)cc2Cl)cc1Cl. The van der Waals surface area contributed by atoms with Crippen molar-refractivity contribution in [3.63, 3.8) is 0 Å². The zero-order valence-corrected chi connectivity index (χ0v) is 15.8. The minimum absolute atomic E-state index is 0.00846. The largest absolute Gasteiger partial charge is 0.383 e. The van der Waals surface area contributed by atoms with Crippen molar-refractivity contribution in [2.45, 2.75) is 0 Å². The summed E-state index contributed by atoms with van der Waals surface area (Å²) < 4.78 is 18.4. The van der Waals surface area contributed by atoms with Gasteiger partial charge in [-0.15, -0.1) is 0 Å². The molecule has 0 heterocycles. The van der Waals surface area contributed by atoms with Crippen molar-refractivity contribution in [1.82, 2.24) is 5.32 Å². The summed E-state index contributed by atoms with van der Waals surface area (Å²) in [5.74, 6) is -1.77. The minimum atomic E-state index is -0.762. The number of amides is 2. The number of carbonyl (C=O) groups excluding carboxylic acids is 2. The van der Waals surface area contributed by atoms with Crippen LogP contribution in [0.15, 0.2) is 30.3 Å². The zero-order chi connectivity index (χ0) is 19.3. The van der Waals surface area contributed by atoms with Gasteiger partial charge in [-0.05, 0) is 30.3 Å². The summed E-state index contributed by atoms with van der Waals surface area (Å²) in [4.78, 5) is 24.3. The van der Waals surface area contributed by atoms with Crippen molar-refractivity contribution in [3.05, 3.63) is 62.3 Å². The molecule has 0 saturated heterocycles. The minimum Gasteiger partial charge on any atom is -0.383 e. The molecule has 0 aliphatic rings. The molecule has 0 atom stereocenters. The Bertz CT molecular complexity index is 846. The van der Waals surface area contributed by atoms with Crippen molar-refractivity contribution in [1.29, 1.82) is 0 Å². The molecule has 2 aromatic rings. The topological polar surface area (TPSA) is 67.4 Å². The van der Waals surface area contributed by atoms with Gasteiger partial charge in [0.15, 0.2) is 0 Å². The molecular weight excluding hydrogens is 406 g/mol. The van der Waals surface area contributed by atoms with E-state index in [1.165, 1.54) is 25.3 Å². The number of methoxy groups -OCH3 is 1. The first-order valence-electron chi connectivity index (χ1n) is 7.36. The lowest BCUT2D eigenvalue weighted by Gasteiger charge is -2.10. The number of anilines is 1. The second-order valence-electron chi connectivity index (χ2n) is 5.14. The molecule has 138 valence electrons. The van der Waals surface area contributed by atoms with E-state index in [-0.39, 0.29) is 32.1 Å². The standard InChI is InChI=1S/C17H14Cl3FN2O3/c1-26-5-4-22-16(24)10-3-2-9(6-12(10)18)23-17(25)11-7-15(21)14(20)8-13(11)19/h2-3,6-8H,4-5H2,1H3,(H,22,24)(H,23,25). The van der Waals surface area contributed by atoms with Gasteiger partial charge in [0, 0.05) is 19.3 Å². The molecule has 0 fully saturated rings. The van der Waals surface area contributed by atoms with E-state index in [0.29, 0.717) is 18.8 Å². The number of ether oxygens (including phenoxy) is 1. The van der Waals surface area contributed by atoms with E-state index in [4.69, 9.17) is 39.5 Å². The van der Waals surface area contributed by atoms with Crippen LogP contribution in [0.2, 0.25) is 15.1 Å². The van der Waals surface area contributed by atoms with Crippen LogP contribution in [0.1, 0.15) is 20.7 Å². The van der Waals surface area contributed by atoms with E-state index in [1.54, 1.807) is 0 Å². The normalized spacial score (nSPS) is 10.5. The predicted molar refractivity (Wildman–Crippen MR) is 100 cm³/mol. The van der Waals surface area contributed by atoms with E-state index < -0.39 is 11.7 Å². The van der Waals surface area contributed by atoms with Crippen LogP contribution in [-0.2, 0) is 4.74 Å². The van der Waals surface area contributed by atoms with E-state index in [2.05, 4.69) is 10.6 Å². The van der Waals surface area contributed by atoms with Gasteiger partial charge in [0.2, 0.25) is 0 Å². The van der Waals surface area contributed by atoms with Gasteiger partial charge in [-0.2, -0.15) is 0 Å². The monoisotopic (exact) mass is 418 g/mol. The Balaban J connectivity index is 2.13. The third kappa shape index (κ3) is 5.08. The summed E-state index contributed by atoms with van der Waals surface area (Å²) in [5.41, 5.74) is 0.488. The highest BCUT2D eigenvalue weighted by Gasteiger charge is 2.16. The molecule has 2 aromatic carbocycles. The third-order valence-electron chi connectivity index (χ3n) is 3.32. The molecule has 0 aliphatic carbocycles. The summed E-state index contributed by atoms with van der Waals surface area (Å²) in [7, 11) is 1.52. The Morgan fingerprint density at radius 2 is 1.69 bits per heavy atom. The van der Waals surface area contributed by atoms with Crippen LogP contribution in [0.5, 0.6) is 0 Å². The molecule has 0 radical (unpaired) electrons. The highest BCUT2D eigenvalue weighted by Crippen LogP contribution is 2.26. The molecule has 0 bridgehead atoms. The maximum atomic E-state index is 13.5. The van der Waals surface area contributed by atoms with Crippen molar-refractivity contribution in [2.24, 2.45) is 0 Å². The molecule has 0 spiro atoms. The number of hydrogen-bond acceptors (Lipinski definition) is 3.